The molecule has 3 heterocycles. The molecule has 1 saturated heterocycles. The second kappa shape index (κ2) is 6.11. The first-order chi connectivity index (χ1) is 11.0. The third-order valence-corrected chi connectivity index (χ3v) is 4.67. The zero-order valence-corrected chi connectivity index (χ0v) is 13.7. The largest absolute Gasteiger partial charge is 0.339 e. The zero-order chi connectivity index (χ0) is 16.6. The van der Waals surface area contributed by atoms with Gasteiger partial charge >= 0.3 is 0 Å². The van der Waals surface area contributed by atoms with Crippen LogP contribution in [0.4, 0.5) is 0 Å². The van der Waals surface area contributed by atoms with Gasteiger partial charge in [0.2, 0.25) is 5.91 Å². The van der Waals surface area contributed by atoms with Gasteiger partial charge < -0.3 is 14.8 Å². The summed E-state index contributed by atoms with van der Waals surface area (Å²) >= 11 is 0. The SMILES string of the molecule is CCC1CN(C(=O)Cn2ncc3c(=O)[nH]cnc32)CC1N(C)C. The molecule has 2 aromatic heterocycles. The van der Waals surface area contributed by atoms with E-state index in [9.17, 15) is 9.59 Å². The minimum absolute atomic E-state index is 0.0138. The molecular formula is C15H22N6O2. The Bertz CT molecular complexity index is 765. The molecule has 1 fully saturated rings. The van der Waals surface area contributed by atoms with Crippen LogP contribution in [0.2, 0.25) is 0 Å². The molecule has 0 aromatic carbocycles. The number of hydrogen-bond acceptors (Lipinski definition) is 5. The summed E-state index contributed by atoms with van der Waals surface area (Å²) in [6.45, 7) is 3.77. The maximum absolute atomic E-state index is 12.6. The van der Waals surface area contributed by atoms with Crippen LogP contribution >= 0.6 is 0 Å². The smallest absolute Gasteiger partial charge is 0.261 e. The van der Waals surface area contributed by atoms with Gasteiger partial charge in [-0.25, -0.2) is 9.67 Å². The van der Waals surface area contributed by atoms with Crippen LogP contribution in [-0.2, 0) is 11.3 Å². The number of aromatic amines is 1. The number of hydrogen-bond donors (Lipinski definition) is 1. The summed E-state index contributed by atoms with van der Waals surface area (Å²) in [6.07, 6.45) is 3.84. The Balaban J connectivity index is 1.77. The van der Waals surface area contributed by atoms with Crippen molar-refractivity contribution in [2.75, 3.05) is 27.2 Å². The molecule has 2 aromatic rings. The Hall–Kier alpha value is -2.22. The Morgan fingerprint density at radius 3 is 2.87 bits per heavy atom. The van der Waals surface area contributed by atoms with Crippen LogP contribution in [0.1, 0.15) is 13.3 Å². The van der Waals surface area contributed by atoms with Crippen molar-refractivity contribution in [1.29, 1.82) is 0 Å². The second-order valence-electron chi connectivity index (χ2n) is 6.27. The topological polar surface area (TPSA) is 87.1 Å². The molecule has 0 saturated carbocycles. The number of aromatic nitrogens is 4. The van der Waals surface area contributed by atoms with Gasteiger partial charge in [-0.1, -0.05) is 13.3 Å². The first-order valence-electron chi connectivity index (χ1n) is 7.84. The minimum atomic E-state index is -0.242. The fourth-order valence-electron chi connectivity index (χ4n) is 3.29. The lowest BCUT2D eigenvalue weighted by molar-refractivity contribution is -0.131. The van der Waals surface area contributed by atoms with E-state index >= 15 is 0 Å². The first-order valence-corrected chi connectivity index (χ1v) is 7.84. The van der Waals surface area contributed by atoms with Gasteiger partial charge in [0.15, 0.2) is 5.65 Å². The summed E-state index contributed by atoms with van der Waals surface area (Å²) in [4.78, 5) is 35.0. The van der Waals surface area contributed by atoms with E-state index in [1.165, 1.54) is 17.2 Å². The Morgan fingerprint density at radius 2 is 2.22 bits per heavy atom. The summed E-state index contributed by atoms with van der Waals surface area (Å²) in [6, 6.07) is 0.388. The van der Waals surface area contributed by atoms with Gasteiger partial charge in [0.25, 0.3) is 5.56 Å². The van der Waals surface area contributed by atoms with Gasteiger partial charge in [0.05, 0.1) is 12.5 Å². The molecule has 1 aliphatic rings. The average molecular weight is 318 g/mol. The van der Waals surface area contributed by atoms with Crippen molar-refractivity contribution < 1.29 is 4.79 Å². The van der Waals surface area contributed by atoms with Gasteiger partial charge in [-0.3, -0.25) is 9.59 Å². The number of rotatable bonds is 4. The van der Waals surface area contributed by atoms with Gasteiger partial charge in [0, 0.05) is 19.1 Å². The quantitative estimate of drug-likeness (QED) is 0.852. The molecule has 8 heteroatoms. The normalized spacial score (nSPS) is 21.5. The summed E-state index contributed by atoms with van der Waals surface area (Å²) < 4.78 is 1.50. The van der Waals surface area contributed by atoms with Crippen molar-refractivity contribution in [3.8, 4) is 0 Å². The second-order valence-corrected chi connectivity index (χ2v) is 6.27. The number of carbonyl (C=O) groups excluding carboxylic acids is 1. The van der Waals surface area contributed by atoms with Crippen LogP contribution in [0.5, 0.6) is 0 Å². The van der Waals surface area contributed by atoms with E-state index in [0.29, 0.717) is 23.0 Å². The number of likely N-dealkylation sites (N-methyl/N-ethyl adjacent to an activating group) is 1. The predicted molar refractivity (Wildman–Crippen MR) is 86.0 cm³/mol. The summed E-state index contributed by atoms with van der Waals surface area (Å²) in [5.74, 6) is 0.504. The Kier molecular flexibility index (Phi) is 4.16. The van der Waals surface area contributed by atoms with Crippen molar-refractivity contribution in [2.24, 2.45) is 5.92 Å². The average Bonchev–Trinajstić information content (AvgIpc) is 3.12. The molecule has 1 N–H and O–H groups in total. The highest BCUT2D eigenvalue weighted by atomic mass is 16.2. The van der Waals surface area contributed by atoms with Crippen molar-refractivity contribution >= 4 is 16.9 Å². The lowest BCUT2D eigenvalue weighted by atomic mass is 10.0. The van der Waals surface area contributed by atoms with Crippen LogP contribution in [0.3, 0.4) is 0 Å². The van der Waals surface area contributed by atoms with E-state index in [-0.39, 0.29) is 18.0 Å². The number of carbonyl (C=O) groups is 1. The summed E-state index contributed by atoms with van der Waals surface area (Å²) in [5.41, 5.74) is 0.200. The monoisotopic (exact) mass is 318 g/mol. The zero-order valence-electron chi connectivity index (χ0n) is 13.7. The maximum atomic E-state index is 12.6. The number of nitrogens with zero attached hydrogens (tertiary/aromatic N) is 5. The number of likely N-dealkylation sites (tertiary alicyclic amines) is 1. The molecule has 0 aliphatic carbocycles. The summed E-state index contributed by atoms with van der Waals surface area (Å²) in [5, 5.41) is 4.54. The minimum Gasteiger partial charge on any atom is -0.339 e. The van der Waals surface area contributed by atoms with E-state index in [0.717, 1.165) is 19.5 Å². The van der Waals surface area contributed by atoms with E-state index in [2.05, 4.69) is 41.0 Å². The molecule has 3 rings (SSSR count). The highest BCUT2D eigenvalue weighted by Crippen LogP contribution is 2.23. The fraction of sp³-hybridized carbons (Fsp3) is 0.600. The standard InChI is InChI=1S/C15H22N6O2/c1-4-10-6-20(7-12(10)19(2)3)13(22)8-21-14-11(5-18-21)15(23)17-9-16-14/h5,9-10,12H,4,6-8H2,1-3H3,(H,16,17,23). The van der Waals surface area contributed by atoms with Crippen LogP contribution in [0, 0.1) is 5.92 Å². The molecule has 124 valence electrons. The number of nitrogens with one attached hydrogen (secondary N) is 1. The summed E-state index contributed by atoms with van der Waals surface area (Å²) in [7, 11) is 4.11. The molecule has 2 unspecified atom stereocenters. The molecular weight excluding hydrogens is 296 g/mol. The third kappa shape index (κ3) is 2.86. The molecule has 0 radical (unpaired) electrons. The van der Waals surface area contributed by atoms with Crippen LogP contribution in [-0.4, -0.2) is 68.7 Å². The molecule has 1 aliphatic heterocycles. The van der Waals surface area contributed by atoms with Crippen molar-refractivity contribution in [2.45, 2.75) is 25.9 Å². The highest BCUT2D eigenvalue weighted by molar-refractivity contribution is 5.79. The molecule has 2 atom stereocenters. The Labute approximate surface area is 134 Å². The number of amides is 1. The maximum Gasteiger partial charge on any atom is 0.261 e. The van der Waals surface area contributed by atoms with Gasteiger partial charge in [0.1, 0.15) is 11.9 Å². The van der Waals surface area contributed by atoms with Gasteiger partial charge in [-0.15, -0.1) is 0 Å². The first kappa shape index (κ1) is 15.7. The predicted octanol–water partition coefficient (Wildman–Crippen LogP) is -0.0818. The van der Waals surface area contributed by atoms with E-state index < -0.39 is 0 Å². The van der Waals surface area contributed by atoms with Gasteiger partial charge in [-0.05, 0) is 20.0 Å². The van der Waals surface area contributed by atoms with Crippen molar-refractivity contribution in [1.82, 2.24) is 29.5 Å². The van der Waals surface area contributed by atoms with E-state index in [4.69, 9.17) is 0 Å². The molecule has 8 nitrogen and oxygen atoms in total. The van der Waals surface area contributed by atoms with Crippen LogP contribution in [0.25, 0.3) is 11.0 Å². The van der Waals surface area contributed by atoms with E-state index in [1.54, 1.807) is 0 Å². The third-order valence-electron chi connectivity index (χ3n) is 4.67. The van der Waals surface area contributed by atoms with Crippen LogP contribution < -0.4 is 5.56 Å². The van der Waals surface area contributed by atoms with Crippen LogP contribution in [0.15, 0.2) is 17.3 Å². The Morgan fingerprint density at radius 1 is 1.43 bits per heavy atom. The molecule has 1 amide bonds. The van der Waals surface area contributed by atoms with Crippen molar-refractivity contribution in [3.05, 3.63) is 22.9 Å². The molecule has 0 bridgehead atoms. The number of fused-ring (bicyclic) bond motifs is 1. The van der Waals surface area contributed by atoms with Gasteiger partial charge in [-0.2, -0.15) is 5.10 Å². The lowest BCUT2D eigenvalue weighted by Gasteiger charge is -2.23. The lowest BCUT2D eigenvalue weighted by Crippen LogP contribution is -2.37. The fourth-order valence-corrected chi connectivity index (χ4v) is 3.29. The highest BCUT2D eigenvalue weighted by Gasteiger charge is 2.35. The van der Waals surface area contributed by atoms with Crippen molar-refractivity contribution in [3.63, 3.8) is 0 Å². The molecule has 0 spiro atoms. The van der Waals surface area contributed by atoms with E-state index in [1.807, 2.05) is 4.90 Å². The number of H-pyrrole nitrogens is 1. The molecule has 23 heavy (non-hydrogen) atoms.